The van der Waals surface area contributed by atoms with Crippen molar-refractivity contribution in [1.29, 1.82) is 0 Å². The lowest BCUT2D eigenvalue weighted by atomic mass is 10.2. The highest BCUT2D eigenvalue weighted by atomic mass is 35.5. The molecule has 0 aliphatic carbocycles. The normalized spacial score (nSPS) is 11.0. The highest BCUT2D eigenvalue weighted by Gasteiger charge is 2.27. The summed E-state index contributed by atoms with van der Waals surface area (Å²) in [5.74, 6) is 0.0915. The van der Waals surface area contributed by atoms with Gasteiger partial charge in [0.05, 0.1) is 17.7 Å². The maximum atomic E-state index is 13.4. The Bertz CT molecular complexity index is 1150. The predicted molar refractivity (Wildman–Crippen MR) is 119 cm³/mol. The van der Waals surface area contributed by atoms with Gasteiger partial charge in [-0.3, -0.25) is 9.10 Å². The van der Waals surface area contributed by atoms with Gasteiger partial charge in [-0.2, -0.15) is 0 Å². The number of benzene rings is 3. The molecule has 0 saturated heterocycles. The average Bonchev–Trinajstić information content (AvgIpc) is 2.72. The second kappa shape index (κ2) is 9.19. The monoisotopic (exact) mass is 444 g/mol. The fourth-order valence-corrected chi connectivity index (χ4v) is 4.64. The van der Waals surface area contributed by atoms with Crippen LogP contribution in [0.1, 0.15) is 5.56 Å². The number of sulfonamides is 1. The first-order valence-corrected chi connectivity index (χ1v) is 10.9. The Hall–Kier alpha value is -3.03. The molecule has 6 nitrogen and oxygen atoms in total. The molecule has 3 rings (SSSR count). The Morgan fingerprint density at radius 3 is 2.40 bits per heavy atom. The van der Waals surface area contributed by atoms with Crippen LogP contribution in [0.15, 0.2) is 77.7 Å². The van der Waals surface area contributed by atoms with E-state index in [-0.39, 0.29) is 4.90 Å². The molecule has 0 unspecified atom stereocenters. The Balaban J connectivity index is 1.94. The summed E-state index contributed by atoms with van der Waals surface area (Å²) in [6.07, 6.45) is 0. The quantitative estimate of drug-likeness (QED) is 0.582. The maximum absolute atomic E-state index is 13.4. The third kappa shape index (κ3) is 4.93. The lowest BCUT2D eigenvalue weighted by Gasteiger charge is -2.24. The fraction of sp³-hybridized carbons (Fsp3) is 0.136. The van der Waals surface area contributed by atoms with E-state index in [2.05, 4.69) is 5.32 Å². The zero-order valence-corrected chi connectivity index (χ0v) is 18.1. The van der Waals surface area contributed by atoms with Crippen LogP contribution in [0, 0.1) is 6.92 Å². The number of aryl methyl sites for hydroxylation is 1. The van der Waals surface area contributed by atoms with Crippen molar-refractivity contribution >= 4 is 38.9 Å². The fourth-order valence-electron chi connectivity index (χ4n) is 2.95. The minimum atomic E-state index is -4.01. The number of nitrogens with zero attached hydrogens (tertiary/aromatic N) is 1. The lowest BCUT2D eigenvalue weighted by molar-refractivity contribution is -0.114. The van der Waals surface area contributed by atoms with Gasteiger partial charge in [-0.1, -0.05) is 35.9 Å². The zero-order valence-electron chi connectivity index (χ0n) is 16.5. The van der Waals surface area contributed by atoms with E-state index in [1.54, 1.807) is 67.6 Å². The molecule has 0 radical (unpaired) electrons. The number of halogens is 1. The zero-order chi connectivity index (χ0) is 21.7. The smallest absolute Gasteiger partial charge is 0.264 e. The van der Waals surface area contributed by atoms with Gasteiger partial charge in [0.2, 0.25) is 5.91 Å². The van der Waals surface area contributed by atoms with Gasteiger partial charge in [-0.25, -0.2) is 8.42 Å². The summed E-state index contributed by atoms with van der Waals surface area (Å²) in [6.45, 7) is 1.36. The highest BCUT2D eigenvalue weighted by Crippen LogP contribution is 2.27. The Kier molecular flexibility index (Phi) is 6.64. The van der Waals surface area contributed by atoms with Crippen LogP contribution < -0.4 is 14.4 Å². The molecule has 0 aliphatic rings. The summed E-state index contributed by atoms with van der Waals surface area (Å²) in [5, 5.41) is 3.15. The number of ether oxygens (including phenoxy) is 1. The summed E-state index contributed by atoms with van der Waals surface area (Å²) in [4.78, 5) is 12.7. The molecule has 0 aliphatic heterocycles. The van der Waals surface area contributed by atoms with Crippen LogP contribution in [-0.4, -0.2) is 28.0 Å². The number of carbonyl (C=O) groups excluding carboxylic acids is 1. The van der Waals surface area contributed by atoms with Crippen molar-refractivity contribution in [3.63, 3.8) is 0 Å². The van der Waals surface area contributed by atoms with Gasteiger partial charge in [-0.15, -0.1) is 0 Å². The van der Waals surface area contributed by atoms with Crippen LogP contribution in [0.5, 0.6) is 5.75 Å². The van der Waals surface area contributed by atoms with Gasteiger partial charge in [0.25, 0.3) is 10.0 Å². The molecule has 0 spiro atoms. The van der Waals surface area contributed by atoms with Gasteiger partial charge in [0.1, 0.15) is 12.3 Å². The van der Waals surface area contributed by atoms with Crippen molar-refractivity contribution in [1.82, 2.24) is 0 Å². The van der Waals surface area contributed by atoms with E-state index in [4.69, 9.17) is 16.3 Å². The van der Waals surface area contributed by atoms with Crippen molar-refractivity contribution in [3.05, 3.63) is 83.4 Å². The number of anilines is 2. The van der Waals surface area contributed by atoms with Gasteiger partial charge >= 0.3 is 0 Å². The standard InChI is InChI=1S/C22H21ClN2O4S/c1-16-13-20(11-12-21(16)29-2)30(27,28)25(19-9-4-3-5-10-19)15-22(26)24-18-8-6-7-17(23)14-18/h3-14H,15H2,1-2H3,(H,24,26). The molecule has 3 aromatic carbocycles. The molecule has 1 N–H and O–H groups in total. The third-order valence-corrected chi connectivity index (χ3v) is 6.40. The van der Waals surface area contributed by atoms with Gasteiger partial charge in [-0.05, 0) is 61.0 Å². The van der Waals surface area contributed by atoms with E-state index in [9.17, 15) is 13.2 Å². The van der Waals surface area contributed by atoms with E-state index < -0.39 is 22.5 Å². The molecule has 0 heterocycles. The van der Waals surface area contributed by atoms with E-state index in [0.717, 1.165) is 4.31 Å². The number of carbonyl (C=O) groups is 1. The molecule has 30 heavy (non-hydrogen) atoms. The first-order valence-electron chi connectivity index (χ1n) is 9.09. The van der Waals surface area contributed by atoms with Crippen molar-refractivity contribution in [2.45, 2.75) is 11.8 Å². The summed E-state index contributed by atoms with van der Waals surface area (Å²) < 4.78 is 33.1. The van der Waals surface area contributed by atoms with Gasteiger partial charge in [0.15, 0.2) is 0 Å². The van der Waals surface area contributed by atoms with Crippen molar-refractivity contribution in [2.24, 2.45) is 0 Å². The third-order valence-electron chi connectivity index (χ3n) is 4.39. The summed E-state index contributed by atoms with van der Waals surface area (Å²) in [6, 6.07) is 19.7. The molecule has 0 aromatic heterocycles. The molecule has 8 heteroatoms. The highest BCUT2D eigenvalue weighted by molar-refractivity contribution is 7.92. The molecular weight excluding hydrogens is 424 g/mol. The van der Waals surface area contributed by atoms with E-state index >= 15 is 0 Å². The van der Waals surface area contributed by atoms with Crippen LogP contribution in [0.3, 0.4) is 0 Å². The van der Waals surface area contributed by atoms with Crippen LogP contribution in [0.25, 0.3) is 0 Å². The largest absolute Gasteiger partial charge is 0.496 e. The van der Waals surface area contributed by atoms with Crippen LogP contribution in [0.2, 0.25) is 5.02 Å². The van der Waals surface area contributed by atoms with Crippen LogP contribution >= 0.6 is 11.6 Å². The molecular formula is C22H21ClN2O4S. The molecule has 0 bridgehead atoms. The van der Waals surface area contributed by atoms with E-state index in [0.29, 0.717) is 27.7 Å². The molecule has 0 fully saturated rings. The van der Waals surface area contributed by atoms with Crippen molar-refractivity contribution < 1.29 is 17.9 Å². The Morgan fingerprint density at radius 2 is 1.77 bits per heavy atom. The molecule has 0 atom stereocenters. The van der Waals surface area contributed by atoms with Crippen molar-refractivity contribution in [2.75, 3.05) is 23.3 Å². The molecule has 0 saturated carbocycles. The van der Waals surface area contributed by atoms with E-state index in [1.165, 1.54) is 19.2 Å². The predicted octanol–water partition coefficient (Wildman–Crippen LogP) is 4.49. The Labute approximate surface area is 181 Å². The van der Waals surface area contributed by atoms with Gasteiger partial charge in [0, 0.05) is 10.7 Å². The van der Waals surface area contributed by atoms with Crippen molar-refractivity contribution in [3.8, 4) is 5.75 Å². The number of rotatable bonds is 7. The SMILES string of the molecule is COc1ccc(S(=O)(=O)N(CC(=O)Nc2cccc(Cl)c2)c2ccccc2)cc1C. The topological polar surface area (TPSA) is 75.7 Å². The van der Waals surface area contributed by atoms with Gasteiger partial charge < -0.3 is 10.1 Å². The number of methoxy groups -OCH3 is 1. The Morgan fingerprint density at radius 1 is 1.03 bits per heavy atom. The summed E-state index contributed by atoms with van der Waals surface area (Å²) in [5.41, 5.74) is 1.54. The summed E-state index contributed by atoms with van der Waals surface area (Å²) >= 11 is 5.95. The number of hydrogen-bond donors (Lipinski definition) is 1. The number of nitrogens with one attached hydrogen (secondary N) is 1. The number of amides is 1. The summed E-state index contributed by atoms with van der Waals surface area (Å²) in [7, 11) is -2.49. The maximum Gasteiger partial charge on any atom is 0.264 e. The van der Waals surface area contributed by atoms with E-state index in [1.807, 2.05) is 0 Å². The number of hydrogen-bond acceptors (Lipinski definition) is 4. The minimum absolute atomic E-state index is 0.0696. The average molecular weight is 445 g/mol. The first-order chi connectivity index (χ1) is 14.3. The molecule has 156 valence electrons. The number of para-hydroxylation sites is 1. The molecule has 3 aromatic rings. The van der Waals surface area contributed by atoms with Crippen LogP contribution in [0.4, 0.5) is 11.4 Å². The second-order valence-electron chi connectivity index (χ2n) is 6.54. The second-order valence-corrected chi connectivity index (χ2v) is 8.84. The first kappa shape index (κ1) is 21.7. The van der Waals surface area contributed by atoms with Crippen LogP contribution in [-0.2, 0) is 14.8 Å². The molecule has 1 amide bonds. The minimum Gasteiger partial charge on any atom is -0.496 e. The lowest BCUT2D eigenvalue weighted by Crippen LogP contribution is -2.38.